The number of nitrogens with zero attached hydrogens (tertiary/aromatic N) is 1. The quantitative estimate of drug-likeness (QED) is 0.852. The average Bonchev–Trinajstić information content (AvgIpc) is 2.32. The Balaban J connectivity index is 1.93. The molecule has 94 valence electrons. The molecule has 17 heavy (non-hydrogen) atoms. The molecule has 4 nitrogen and oxygen atoms in total. The molecule has 4 heteroatoms. The summed E-state index contributed by atoms with van der Waals surface area (Å²) in [6.07, 6.45) is 4.26. The molecule has 0 saturated heterocycles. The second-order valence-electron chi connectivity index (χ2n) is 4.41. The molecule has 0 spiro atoms. The maximum absolute atomic E-state index is 9.70. The van der Waals surface area contributed by atoms with E-state index in [0.29, 0.717) is 18.2 Å². The predicted octanol–water partition coefficient (Wildman–Crippen LogP) is 2.08. The molecule has 1 saturated carbocycles. The van der Waals surface area contributed by atoms with Crippen LogP contribution in [0.4, 0.5) is 0 Å². The standard InChI is InChI=1S/C13H19NO3/c1-3-13(15)12-8-9(4-5-14-12)17-11-6-10(7-11)16-2/h4-5,8,10-11,13,15H,3,6-7H2,1-2H3/t10-,11-,13-/m0/s1. The summed E-state index contributed by atoms with van der Waals surface area (Å²) in [5.41, 5.74) is 0.674. The Morgan fingerprint density at radius 2 is 2.24 bits per heavy atom. The summed E-state index contributed by atoms with van der Waals surface area (Å²) in [7, 11) is 1.73. The fourth-order valence-electron chi connectivity index (χ4n) is 1.89. The Kier molecular flexibility index (Phi) is 3.97. The first-order chi connectivity index (χ1) is 8.22. The third kappa shape index (κ3) is 2.96. The molecule has 1 aromatic heterocycles. The van der Waals surface area contributed by atoms with Gasteiger partial charge in [0.25, 0.3) is 0 Å². The van der Waals surface area contributed by atoms with Crippen molar-refractivity contribution in [2.45, 2.75) is 44.5 Å². The third-order valence-corrected chi connectivity index (χ3v) is 3.17. The highest BCUT2D eigenvalue weighted by atomic mass is 16.5. The van der Waals surface area contributed by atoms with Gasteiger partial charge in [-0.3, -0.25) is 4.98 Å². The number of aromatic nitrogens is 1. The van der Waals surface area contributed by atoms with E-state index in [1.54, 1.807) is 13.3 Å². The van der Waals surface area contributed by atoms with E-state index in [2.05, 4.69) is 4.98 Å². The lowest BCUT2D eigenvalue weighted by atomic mass is 9.92. The zero-order valence-corrected chi connectivity index (χ0v) is 10.3. The smallest absolute Gasteiger partial charge is 0.123 e. The first kappa shape index (κ1) is 12.3. The number of pyridine rings is 1. The fourth-order valence-corrected chi connectivity index (χ4v) is 1.89. The number of rotatable bonds is 5. The van der Waals surface area contributed by atoms with Crippen molar-refractivity contribution in [3.63, 3.8) is 0 Å². The Hall–Kier alpha value is -1.13. The zero-order chi connectivity index (χ0) is 12.3. The summed E-state index contributed by atoms with van der Waals surface area (Å²) in [5.74, 6) is 0.780. The van der Waals surface area contributed by atoms with Gasteiger partial charge in [-0.1, -0.05) is 6.92 Å². The molecule has 2 rings (SSSR count). The van der Waals surface area contributed by atoms with Crippen LogP contribution in [0.5, 0.6) is 5.75 Å². The molecule has 0 aromatic carbocycles. The van der Waals surface area contributed by atoms with Crippen LogP contribution < -0.4 is 4.74 Å². The molecule has 1 aromatic rings. The van der Waals surface area contributed by atoms with Gasteiger partial charge in [0.05, 0.1) is 17.9 Å². The van der Waals surface area contributed by atoms with Gasteiger partial charge in [-0.2, -0.15) is 0 Å². The minimum Gasteiger partial charge on any atom is -0.490 e. The number of hydrogen-bond donors (Lipinski definition) is 1. The minimum absolute atomic E-state index is 0.231. The summed E-state index contributed by atoms with van der Waals surface area (Å²) in [5, 5.41) is 9.70. The van der Waals surface area contributed by atoms with Gasteiger partial charge in [0.2, 0.25) is 0 Å². The van der Waals surface area contributed by atoms with Crippen LogP contribution >= 0.6 is 0 Å². The zero-order valence-electron chi connectivity index (χ0n) is 10.3. The second-order valence-corrected chi connectivity index (χ2v) is 4.41. The molecule has 0 radical (unpaired) electrons. The molecule has 0 amide bonds. The average molecular weight is 237 g/mol. The highest BCUT2D eigenvalue weighted by molar-refractivity contribution is 5.24. The molecule has 1 N–H and O–H groups in total. The largest absolute Gasteiger partial charge is 0.490 e. The minimum atomic E-state index is -0.508. The van der Waals surface area contributed by atoms with Crippen LogP contribution in [0.15, 0.2) is 18.3 Å². The summed E-state index contributed by atoms with van der Waals surface area (Å²) >= 11 is 0. The lowest BCUT2D eigenvalue weighted by Gasteiger charge is -2.34. The van der Waals surface area contributed by atoms with Gasteiger partial charge >= 0.3 is 0 Å². The van der Waals surface area contributed by atoms with Crippen LogP contribution in [0, 0.1) is 0 Å². The first-order valence-electron chi connectivity index (χ1n) is 6.06. The van der Waals surface area contributed by atoms with E-state index in [1.165, 1.54) is 0 Å². The van der Waals surface area contributed by atoms with Gasteiger partial charge in [-0.05, 0) is 12.5 Å². The predicted molar refractivity (Wildman–Crippen MR) is 63.9 cm³/mol. The number of methoxy groups -OCH3 is 1. The van der Waals surface area contributed by atoms with Gasteiger partial charge < -0.3 is 14.6 Å². The Labute approximate surface area is 102 Å². The Bertz CT molecular complexity index is 363. The number of hydrogen-bond acceptors (Lipinski definition) is 4. The van der Waals surface area contributed by atoms with Crippen molar-refractivity contribution in [3.8, 4) is 5.75 Å². The van der Waals surface area contributed by atoms with Gasteiger partial charge in [0, 0.05) is 32.2 Å². The van der Waals surface area contributed by atoms with Crippen LogP contribution in [-0.2, 0) is 4.74 Å². The molecule has 1 atom stereocenters. The normalized spacial score (nSPS) is 25.1. The van der Waals surface area contributed by atoms with E-state index in [4.69, 9.17) is 9.47 Å². The molecule has 1 aliphatic rings. The molecular formula is C13H19NO3. The van der Waals surface area contributed by atoms with Crippen LogP contribution in [0.2, 0.25) is 0 Å². The van der Waals surface area contributed by atoms with Crippen molar-refractivity contribution in [3.05, 3.63) is 24.0 Å². The van der Waals surface area contributed by atoms with Crippen molar-refractivity contribution in [1.82, 2.24) is 4.98 Å². The van der Waals surface area contributed by atoms with Crippen molar-refractivity contribution >= 4 is 0 Å². The van der Waals surface area contributed by atoms with E-state index in [0.717, 1.165) is 18.6 Å². The molecule has 1 aliphatic carbocycles. The summed E-state index contributed by atoms with van der Waals surface area (Å²) in [6.45, 7) is 1.93. The molecule has 0 aliphatic heterocycles. The maximum atomic E-state index is 9.70. The lowest BCUT2D eigenvalue weighted by molar-refractivity contribution is -0.0382. The second kappa shape index (κ2) is 5.47. The molecular weight excluding hydrogens is 218 g/mol. The van der Waals surface area contributed by atoms with E-state index in [9.17, 15) is 5.11 Å². The van der Waals surface area contributed by atoms with E-state index >= 15 is 0 Å². The van der Waals surface area contributed by atoms with E-state index in [1.807, 2.05) is 19.1 Å². The first-order valence-corrected chi connectivity index (χ1v) is 6.06. The summed E-state index contributed by atoms with van der Waals surface area (Å²) in [4.78, 5) is 4.14. The topological polar surface area (TPSA) is 51.6 Å². The highest BCUT2D eigenvalue weighted by Gasteiger charge is 2.30. The molecule has 0 unspecified atom stereocenters. The molecule has 1 fully saturated rings. The van der Waals surface area contributed by atoms with Gasteiger partial charge in [-0.25, -0.2) is 0 Å². The maximum Gasteiger partial charge on any atom is 0.123 e. The van der Waals surface area contributed by atoms with E-state index < -0.39 is 6.10 Å². The number of ether oxygens (including phenoxy) is 2. The van der Waals surface area contributed by atoms with E-state index in [-0.39, 0.29) is 6.10 Å². The number of aliphatic hydroxyl groups is 1. The number of aliphatic hydroxyl groups excluding tert-OH is 1. The van der Waals surface area contributed by atoms with Gasteiger partial charge in [0.15, 0.2) is 0 Å². The van der Waals surface area contributed by atoms with Crippen LogP contribution in [0.1, 0.15) is 38.0 Å². The van der Waals surface area contributed by atoms with Crippen molar-refractivity contribution in [2.24, 2.45) is 0 Å². The van der Waals surface area contributed by atoms with Crippen LogP contribution in [0.3, 0.4) is 0 Å². The van der Waals surface area contributed by atoms with Crippen molar-refractivity contribution in [1.29, 1.82) is 0 Å². The van der Waals surface area contributed by atoms with Gasteiger partial charge in [-0.15, -0.1) is 0 Å². The fraction of sp³-hybridized carbons (Fsp3) is 0.615. The van der Waals surface area contributed by atoms with Crippen LogP contribution in [0.25, 0.3) is 0 Å². The van der Waals surface area contributed by atoms with Crippen LogP contribution in [-0.4, -0.2) is 29.4 Å². The summed E-state index contributed by atoms with van der Waals surface area (Å²) in [6, 6.07) is 3.64. The highest BCUT2D eigenvalue weighted by Crippen LogP contribution is 2.28. The van der Waals surface area contributed by atoms with Gasteiger partial charge in [0.1, 0.15) is 11.9 Å². The van der Waals surface area contributed by atoms with Crippen molar-refractivity contribution in [2.75, 3.05) is 7.11 Å². The third-order valence-electron chi connectivity index (χ3n) is 3.17. The lowest BCUT2D eigenvalue weighted by Crippen LogP contribution is -2.38. The molecule has 0 bridgehead atoms. The SMILES string of the molecule is CC[C@H](O)c1cc(O[C@H]2C[C@H](OC)C2)ccn1. The Morgan fingerprint density at radius 3 is 2.88 bits per heavy atom. The van der Waals surface area contributed by atoms with Crippen molar-refractivity contribution < 1.29 is 14.6 Å². The Morgan fingerprint density at radius 1 is 1.47 bits per heavy atom. The summed E-state index contributed by atoms with van der Waals surface area (Å²) < 4.78 is 11.0. The molecule has 1 heterocycles. The monoisotopic (exact) mass is 237 g/mol.